The Bertz CT molecular complexity index is 929. The average molecular weight is 393 g/mol. The molecular formula is C24H26FN2O2+. The fraction of sp³-hybridized carbons (Fsp3) is 0.208. The Hall–Kier alpha value is -3.18. The fourth-order valence-corrected chi connectivity index (χ4v) is 3.39. The first-order chi connectivity index (χ1) is 14.1. The van der Waals surface area contributed by atoms with Crippen LogP contribution in [0.25, 0.3) is 0 Å². The summed E-state index contributed by atoms with van der Waals surface area (Å²) in [5, 5.41) is 3.02. The molecule has 0 fully saturated rings. The average Bonchev–Trinajstić information content (AvgIpc) is 2.72. The van der Waals surface area contributed by atoms with Crippen molar-refractivity contribution in [2.45, 2.75) is 19.5 Å². The third kappa shape index (κ3) is 5.42. The van der Waals surface area contributed by atoms with Gasteiger partial charge in [0.25, 0.3) is 5.91 Å². The van der Waals surface area contributed by atoms with Crippen LogP contribution in [0.1, 0.15) is 24.1 Å². The molecule has 3 aromatic rings. The van der Waals surface area contributed by atoms with E-state index in [1.165, 1.54) is 12.1 Å². The van der Waals surface area contributed by atoms with Gasteiger partial charge >= 0.3 is 0 Å². The van der Waals surface area contributed by atoms with Crippen molar-refractivity contribution in [3.8, 4) is 5.75 Å². The van der Waals surface area contributed by atoms with Gasteiger partial charge in [-0.1, -0.05) is 54.6 Å². The smallest absolute Gasteiger partial charge is 0.287 e. The highest BCUT2D eigenvalue weighted by Crippen LogP contribution is 2.25. The normalized spacial score (nSPS) is 12.8. The Morgan fingerprint density at radius 1 is 1.00 bits per heavy atom. The molecule has 2 N–H and O–H groups in total. The van der Waals surface area contributed by atoms with E-state index >= 15 is 0 Å². The molecule has 29 heavy (non-hydrogen) atoms. The van der Waals surface area contributed by atoms with E-state index in [2.05, 4.69) is 5.32 Å². The number of quaternary nitrogens is 1. The summed E-state index contributed by atoms with van der Waals surface area (Å²) in [5.41, 5.74) is 2.53. The Labute approximate surface area is 170 Å². The number of hydrogen-bond donors (Lipinski definition) is 2. The van der Waals surface area contributed by atoms with E-state index in [-0.39, 0.29) is 11.7 Å². The second-order valence-electron chi connectivity index (χ2n) is 6.91. The quantitative estimate of drug-likeness (QED) is 0.614. The Morgan fingerprint density at radius 2 is 1.66 bits per heavy atom. The molecule has 1 amide bonds. The minimum atomic E-state index is -0.434. The van der Waals surface area contributed by atoms with Gasteiger partial charge in [0.05, 0.1) is 19.3 Å². The number of benzene rings is 3. The number of para-hydroxylation sites is 2. The second kappa shape index (κ2) is 9.85. The van der Waals surface area contributed by atoms with Crippen LogP contribution in [0, 0.1) is 5.82 Å². The van der Waals surface area contributed by atoms with Crippen LogP contribution in [0.3, 0.4) is 0 Å². The molecule has 0 aromatic heterocycles. The number of rotatable bonds is 8. The first kappa shape index (κ1) is 20.6. The molecule has 0 bridgehead atoms. The number of likely N-dealkylation sites (N-methyl/N-ethyl adjacent to an activating group) is 1. The summed E-state index contributed by atoms with van der Waals surface area (Å²) >= 11 is 0. The van der Waals surface area contributed by atoms with Crippen LogP contribution in [0.5, 0.6) is 5.75 Å². The third-order valence-electron chi connectivity index (χ3n) is 4.73. The maximum atomic E-state index is 13.3. The van der Waals surface area contributed by atoms with Gasteiger partial charge in [0.15, 0.2) is 6.04 Å². The van der Waals surface area contributed by atoms with Gasteiger partial charge in [0, 0.05) is 11.1 Å². The zero-order valence-electron chi connectivity index (χ0n) is 16.7. The van der Waals surface area contributed by atoms with Crippen LogP contribution < -0.4 is 15.0 Å². The summed E-state index contributed by atoms with van der Waals surface area (Å²) in [5.74, 6) is 0.255. The number of carbonyl (C=O) groups excluding carboxylic acids is 1. The van der Waals surface area contributed by atoms with Crippen molar-refractivity contribution in [1.82, 2.24) is 0 Å². The predicted molar refractivity (Wildman–Crippen MR) is 112 cm³/mol. The van der Waals surface area contributed by atoms with E-state index in [4.69, 9.17) is 4.74 Å². The van der Waals surface area contributed by atoms with Gasteiger partial charge in [-0.25, -0.2) is 4.39 Å². The standard InChI is InChI=1S/C24H25FN2O2/c1-3-29-22-12-8-7-11-21(22)26-24(28)23(19-9-5-4-6-10-19)27(2)17-18-13-15-20(25)16-14-18/h4-16,23H,3,17H2,1-2H3,(H,26,28)/p+1/t23-/m1/s1. The van der Waals surface area contributed by atoms with Crippen LogP contribution in [0.15, 0.2) is 78.9 Å². The van der Waals surface area contributed by atoms with E-state index in [1.807, 2.05) is 68.6 Å². The highest BCUT2D eigenvalue weighted by molar-refractivity contribution is 5.95. The van der Waals surface area contributed by atoms with E-state index in [9.17, 15) is 9.18 Å². The molecule has 0 aliphatic heterocycles. The number of ether oxygens (including phenoxy) is 1. The fourth-order valence-electron chi connectivity index (χ4n) is 3.39. The van der Waals surface area contributed by atoms with E-state index in [0.717, 1.165) is 16.0 Å². The lowest BCUT2D eigenvalue weighted by Gasteiger charge is -2.25. The maximum Gasteiger partial charge on any atom is 0.287 e. The van der Waals surface area contributed by atoms with Crippen LogP contribution in [0.2, 0.25) is 0 Å². The molecule has 0 saturated heterocycles. The zero-order valence-corrected chi connectivity index (χ0v) is 16.7. The van der Waals surface area contributed by atoms with Gasteiger partial charge in [-0.2, -0.15) is 0 Å². The molecule has 5 heteroatoms. The van der Waals surface area contributed by atoms with E-state index in [0.29, 0.717) is 24.6 Å². The monoisotopic (exact) mass is 393 g/mol. The number of carbonyl (C=O) groups is 1. The lowest BCUT2D eigenvalue weighted by molar-refractivity contribution is -0.915. The van der Waals surface area contributed by atoms with Crippen LogP contribution in [0.4, 0.5) is 10.1 Å². The number of amides is 1. The van der Waals surface area contributed by atoms with Crippen molar-refractivity contribution < 1.29 is 18.8 Å². The molecule has 3 aromatic carbocycles. The highest BCUT2D eigenvalue weighted by Gasteiger charge is 2.29. The molecule has 150 valence electrons. The molecule has 0 heterocycles. The molecule has 3 rings (SSSR count). The second-order valence-corrected chi connectivity index (χ2v) is 6.91. The minimum Gasteiger partial charge on any atom is -0.492 e. The van der Waals surface area contributed by atoms with Crippen molar-refractivity contribution in [3.05, 3.63) is 95.8 Å². The molecule has 2 atom stereocenters. The van der Waals surface area contributed by atoms with Crippen molar-refractivity contribution in [2.24, 2.45) is 0 Å². The molecule has 0 saturated carbocycles. The third-order valence-corrected chi connectivity index (χ3v) is 4.73. The number of nitrogens with one attached hydrogen (secondary N) is 2. The van der Waals surface area contributed by atoms with Crippen molar-refractivity contribution >= 4 is 11.6 Å². The largest absolute Gasteiger partial charge is 0.492 e. The zero-order chi connectivity index (χ0) is 20.6. The minimum absolute atomic E-state index is 0.122. The first-order valence-corrected chi connectivity index (χ1v) is 9.73. The summed E-state index contributed by atoms with van der Waals surface area (Å²) in [6.45, 7) is 3.01. The summed E-state index contributed by atoms with van der Waals surface area (Å²) in [6.07, 6.45) is 0. The molecule has 1 unspecified atom stereocenters. The number of halogens is 1. The molecule has 0 radical (unpaired) electrons. The Balaban J connectivity index is 1.85. The van der Waals surface area contributed by atoms with Gasteiger partial charge in [0.2, 0.25) is 0 Å². The summed E-state index contributed by atoms with van der Waals surface area (Å²) in [7, 11) is 1.97. The van der Waals surface area contributed by atoms with Gasteiger partial charge < -0.3 is 15.0 Å². The molecule has 0 aliphatic rings. The Kier molecular flexibility index (Phi) is 6.98. The summed E-state index contributed by atoms with van der Waals surface area (Å²) in [6, 6.07) is 23.1. The lowest BCUT2D eigenvalue weighted by Crippen LogP contribution is -3.09. The van der Waals surface area contributed by atoms with Gasteiger partial charge in [-0.3, -0.25) is 4.79 Å². The molecule has 0 aliphatic carbocycles. The number of anilines is 1. The summed E-state index contributed by atoms with van der Waals surface area (Å²) in [4.78, 5) is 14.3. The maximum absolute atomic E-state index is 13.3. The SMILES string of the molecule is CCOc1ccccc1NC(=O)[C@@H](c1ccccc1)[NH+](C)Cc1ccc(F)cc1. The Morgan fingerprint density at radius 3 is 2.34 bits per heavy atom. The van der Waals surface area contributed by atoms with E-state index in [1.54, 1.807) is 12.1 Å². The van der Waals surface area contributed by atoms with Crippen LogP contribution in [-0.2, 0) is 11.3 Å². The predicted octanol–water partition coefficient (Wildman–Crippen LogP) is 3.62. The van der Waals surface area contributed by atoms with Gasteiger partial charge in [0.1, 0.15) is 18.1 Å². The van der Waals surface area contributed by atoms with Crippen molar-refractivity contribution in [2.75, 3.05) is 19.0 Å². The van der Waals surface area contributed by atoms with E-state index < -0.39 is 6.04 Å². The topological polar surface area (TPSA) is 42.8 Å². The van der Waals surface area contributed by atoms with Crippen molar-refractivity contribution in [1.29, 1.82) is 0 Å². The molecular weight excluding hydrogens is 367 g/mol. The van der Waals surface area contributed by atoms with Gasteiger partial charge in [-0.15, -0.1) is 0 Å². The highest BCUT2D eigenvalue weighted by atomic mass is 19.1. The lowest BCUT2D eigenvalue weighted by atomic mass is 10.0. The first-order valence-electron chi connectivity index (χ1n) is 9.73. The van der Waals surface area contributed by atoms with Crippen molar-refractivity contribution in [3.63, 3.8) is 0 Å². The molecule has 4 nitrogen and oxygen atoms in total. The number of hydrogen-bond acceptors (Lipinski definition) is 2. The van der Waals surface area contributed by atoms with Gasteiger partial charge in [-0.05, 0) is 31.2 Å². The van der Waals surface area contributed by atoms with Crippen LogP contribution >= 0.6 is 0 Å². The molecule has 0 spiro atoms. The van der Waals surface area contributed by atoms with Crippen LogP contribution in [-0.4, -0.2) is 19.6 Å². The summed E-state index contributed by atoms with van der Waals surface area (Å²) < 4.78 is 18.9.